The summed E-state index contributed by atoms with van der Waals surface area (Å²) in [6, 6.07) is 6.67. The molecule has 1 atom stereocenters. The molecule has 0 aliphatic rings. The fourth-order valence-corrected chi connectivity index (χ4v) is 2.88. The van der Waals surface area contributed by atoms with Crippen LogP contribution < -0.4 is 11.3 Å². The Morgan fingerprint density at radius 3 is 2.39 bits per heavy atom. The van der Waals surface area contributed by atoms with Crippen LogP contribution in [0.15, 0.2) is 23.6 Å². The van der Waals surface area contributed by atoms with Crippen molar-refractivity contribution in [3.63, 3.8) is 0 Å². The zero-order valence-electron chi connectivity index (χ0n) is 11.0. The Bertz CT molecular complexity index is 513. The average molecular weight is 261 g/mol. The van der Waals surface area contributed by atoms with Gasteiger partial charge in [-0.15, -0.1) is 11.3 Å². The van der Waals surface area contributed by atoms with Gasteiger partial charge in [-0.2, -0.15) is 0 Å². The van der Waals surface area contributed by atoms with Crippen LogP contribution in [0.25, 0.3) is 0 Å². The highest BCUT2D eigenvalue weighted by atomic mass is 32.1. The molecule has 0 aliphatic heterocycles. The van der Waals surface area contributed by atoms with Crippen LogP contribution in [0, 0.1) is 20.8 Å². The van der Waals surface area contributed by atoms with Gasteiger partial charge in [0.1, 0.15) is 0 Å². The molecule has 0 saturated heterocycles. The van der Waals surface area contributed by atoms with E-state index in [-0.39, 0.29) is 6.04 Å². The zero-order chi connectivity index (χ0) is 13.1. The summed E-state index contributed by atoms with van der Waals surface area (Å²) in [6.45, 7) is 6.25. The van der Waals surface area contributed by atoms with Gasteiger partial charge >= 0.3 is 0 Å². The summed E-state index contributed by atoms with van der Waals surface area (Å²) < 4.78 is 0. The molecule has 2 aromatic rings. The monoisotopic (exact) mass is 261 g/mol. The van der Waals surface area contributed by atoms with Crippen molar-refractivity contribution < 1.29 is 0 Å². The lowest BCUT2D eigenvalue weighted by molar-refractivity contribution is 0.540. The molecule has 0 fully saturated rings. The van der Waals surface area contributed by atoms with E-state index in [4.69, 9.17) is 5.84 Å². The van der Waals surface area contributed by atoms with Gasteiger partial charge in [0.25, 0.3) is 0 Å². The number of nitrogens with two attached hydrogens (primary N) is 1. The highest BCUT2D eigenvalue weighted by Gasteiger charge is 2.13. The van der Waals surface area contributed by atoms with Crippen molar-refractivity contribution in [2.24, 2.45) is 5.84 Å². The molecule has 3 N–H and O–H groups in total. The van der Waals surface area contributed by atoms with Crippen molar-refractivity contribution in [3.05, 3.63) is 51.0 Å². The van der Waals surface area contributed by atoms with Gasteiger partial charge < -0.3 is 0 Å². The third-order valence-corrected chi connectivity index (χ3v) is 3.71. The van der Waals surface area contributed by atoms with Crippen LogP contribution in [-0.2, 0) is 6.42 Å². The minimum Gasteiger partial charge on any atom is -0.271 e. The molecule has 0 aliphatic carbocycles. The lowest BCUT2D eigenvalue weighted by Gasteiger charge is -2.14. The molecule has 96 valence electrons. The van der Waals surface area contributed by atoms with Gasteiger partial charge in [0.05, 0.1) is 16.7 Å². The van der Waals surface area contributed by atoms with Gasteiger partial charge in [-0.25, -0.2) is 4.98 Å². The van der Waals surface area contributed by atoms with Gasteiger partial charge in [-0.1, -0.05) is 29.3 Å². The van der Waals surface area contributed by atoms with Crippen LogP contribution in [0.5, 0.6) is 0 Å². The van der Waals surface area contributed by atoms with E-state index in [1.165, 1.54) is 16.7 Å². The number of nitrogens with one attached hydrogen (secondary N) is 1. The van der Waals surface area contributed by atoms with Gasteiger partial charge in [0.2, 0.25) is 0 Å². The first-order valence-corrected chi connectivity index (χ1v) is 6.92. The number of hydrogen-bond acceptors (Lipinski definition) is 4. The molecule has 0 bridgehead atoms. The highest BCUT2D eigenvalue weighted by Crippen LogP contribution is 2.21. The van der Waals surface area contributed by atoms with E-state index < -0.39 is 0 Å². The Kier molecular flexibility index (Phi) is 4.11. The molecular formula is C14H19N3S. The van der Waals surface area contributed by atoms with E-state index in [1.807, 2.05) is 6.92 Å². The molecule has 1 aromatic heterocycles. The summed E-state index contributed by atoms with van der Waals surface area (Å²) in [5.41, 5.74) is 7.76. The first-order chi connectivity index (χ1) is 8.58. The molecule has 1 aromatic carbocycles. The quantitative estimate of drug-likeness (QED) is 0.657. The molecule has 0 amide bonds. The molecule has 1 unspecified atom stereocenters. The Morgan fingerprint density at radius 2 is 1.89 bits per heavy atom. The van der Waals surface area contributed by atoms with Crippen LogP contribution >= 0.6 is 11.3 Å². The molecule has 0 spiro atoms. The van der Waals surface area contributed by atoms with Crippen LogP contribution in [-0.4, -0.2) is 4.98 Å². The Balaban J connectivity index is 2.20. The maximum atomic E-state index is 5.65. The Labute approximate surface area is 112 Å². The topological polar surface area (TPSA) is 50.9 Å². The average Bonchev–Trinajstić information content (AvgIpc) is 2.71. The SMILES string of the molecule is Cc1cc(C)cc(CC(NN)c2csc(C)n2)c1. The molecule has 0 saturated carbocycles. The van der Waals surface area contributed by atoms with E-state index in [2.05, 4.69) is 47.8 Å². The van der Waals surface area contributed by atoms with Crippen molar-refractivity contribution in [2.75, 3.05) is 0 Å². The van der Waals surface area contributed by atoms with Gasteiger partial charge in [-0.3, -0.25) is 11.3 Å². The minimum absolute atomic E-state index is 0.0798. The summed E-state index contributed by atoms with van der Waals surface area (Å²) in [6.07, 6.45) is 0.863. The van der Waals surface area contributed by atoms with Crippen molar-refractivity contribution in [3.8, 4) is 0 Å². The highest BCUT2D eigenvalue weighted by molar-refractivity contribution is 7.09. The smallest absolute Gasteiger partial charge is 0.0898 e. The van der Waals surface area contributed by atoms with Crippen LogP contribution in [0.3, 0.4) is 0 Å². The van der Waals surface area contributed by atoms with Crippen molar-refractivity contribution in [1.29, 1.82) is 0 Å². The van der Waals surface area contributed by atoms with Gasteiger partial charge in [0, 0.05) is 5.38 Å². The standard InChI is InChI=1S/C14H19N3S/c1-9-4-10(2)6-12(5-9)7-13(17-15)14-8-18-11(3)16-14/h4-6,8,13,17H,7,15H2,1-3H3. The van der Waals surface area contributed by atoms with Crippen molar-refractivity contribution >= 4 is 11.3 Å². The molecule has 0 radical (unpaired) electrons. The number of rotatable bonds is 4. The van der Waals surface area contributed by atoms with E-state index in [1.54, 1.807) is 11.3 Å². The van der Waals surface area contributed by atoms with E-state index >= 15 is 0 Å². The van der Waals surface area contributed by atoms with Crippen molar-refractivity contribution in [2.45, 2.75) is 33.2 Å². The number of benzene rings is 1. The molecule has 3 nitrogen and oxygen atoms in total. The lowest BCUT2D eigenvalue weighted by atomic mass is 10.0. The molecule has 1 heterocycles. The van der Waals surface area contributed by atoms with E-state index in [9.17, 15) is 0 Å². The minimum atomic E-state index is 0.0798. The van der Waals surface area contributed by atoms with Crippen LogP contribution in [0.2, 0.25) is 0 Å². The number of hydrogen-bond donors (Lipinski definition) is 2. The fourth-order valence-electron chi connectivity index (χ4n) is 2.21. The number of hydrazine groups is 1. The predicted octanol–water partition coefficient (Wildman–Crippen LogP) is 2.82. The van der Waals surface area contributed by atoms with Crippen LogP contribution in [0.1, 0.15) is 33.4 Å². The third-order valence-electron chi connectivity index (χ3n) is 2.92. The fraction of sp³-hybridized carbons (Fsp3) is 0.357. The summed E-state index contributed by atoms with van der Waals surface area (Å²) in [7, 11) is 0. The number of aromatic nitrogens is 1. The second-order valence-corrected chi connectivity index (χ2v) is 5.77. The molecule has 2 rings (SSSR count). The molecule has 18 heavy (non-hydrogen) atoms. The first kappa shape index (κ1) is 13.2. The number of thiazole rings is 1. The summed E-state index contributed by atoms with van der Waals surface area (Å²) in [4.78, 5) is 4.50. The maximum absolute atomic E-state index is 5.65. The van der Waals surface area contributed by atoms with Crippen LogP contribution in [0.4, 0.5) is 0 Å². The maximum Gasteiger partial charge on any atom is 0.0898 e. The van der Waals surface area contributed by atoms with Gasteiger partial charge in [-0.05, 0) is 32.8 Å². The molecule has 4 heteroatoms. The third kappa shape index (κ3) is 3.16. The summed E-state index contributed by atoms with van der Waals surface area (Å²) >= 11 is 1.66. The number of aryl methyl sites for hydroxylation is 3. The normalized spacial score (nSPS) is 12.7. The largest absolute Gasteiger partial charge is 0.271 e. The second kappa shape index (κ2) is 5.61. The zero-order valence-corrected chi connectivity index (χ0v) is 11.8. The summed E-state index contributed by atoms with van der Waals surface area (Å²) in [5, 5.41) is 3.15. The van der Waals surface area contributed by atoms with E-state index in [0.717, 1.165) is 17.1 Å². The Hall–Kier alpha value is -1.23. The van der Waals surface area contributed by atoms with Crippen molar-refractivity contribution in [1.82, 2.24) is 10.4 Å². The second-order valence-electron chi connectivity index (χ2n) is 4.71. The first-order valence-electron chi connectivity index (χ1n) is 6.04. The predicted molar refractivity (Wildman–Crippen MR) is 76.5 cm³/mol. The number of nitrogens with zero attached hydrogens (tertiary/aromatic N) is 1. The van der Waals surface area contributed by atoms with Gasteiger partial charge in [0.15, 0.2) is 0 Å². The summed E-state index contributed by atoms with van der Waals surface area (Å²) in [5.74, 6) is 5.65. The van der Waals surface area contributed by atoms with E-state index in [0.29, 0.717) is 0 Å². The Morgan fingerprint density at radius 1 is 1.22 bits per heavy atom. The lowest BCUT2D eigenvalue weighted by Crippen LogP contribution is -2.29. The molecular weight excluding hydrogens is 242 g/mol.